The van der Waals surface area contributed by atoms with Gasteiger partial charge in [-0.05, 0) is 36.4 Å². The number of H-pyrrole nitrogens is 1. The zero-order valence-corrected chi connectivity index (χ0v) is 12.1. The molecule has 0 aliphatic carbocycles. The molecule has 2 aromatic heterocycles. The number of carbonyl (C=O) groups excluding carboxylic acids is 1. The molecule has 23 heavy (non-hydrogen) atoms. The van der Waals surface area contributed by atoms with E-state index in [4.69, 9.17) is 0 Å². The van der Waals surface area contributed by atoms with E-state index in [-0.39, 0.29) is 5.91 Å². The van der Waals surface area contributed by atoms with Gasteiger partial charge in [-0.15, -0.1) is 0 Å². The summed E-state index contributed by atoms with van der Waals surface area (Å²) in [5, 5.41) is 2.78. The van der Waals surface area contributed by atoms with Crippen LogP contribution in [-0.4, -0.2) is 25.4 Å². The maximum atomic E-state index is 12.3. The Hall–Kier alpha value is -3.41. The molecule has 0 aliphatic heterocycles. The van der Waals surface area contributed by atoms with E-state index >= 15 is 0 Å². The first-order valence-corrected chi connectivity index (χ1v) is 7.14. The lowest BCUT2D eigenvalue weighted by atomic mass is 10.2. The zero-order valence-electron chi connectivity index (χ0n) is 12.1. The van der Waals surface area contributed by atoms with Crippen LogP contribution in [0.25, 0.3) is 16.7 Å². The number of aromatic nitrogens is 4. The molecule has 4 rings (SSSR count). The fraction of sp³-hybridized carbons (Fsp3) is 0. The van der Waals surface area contributed by atoms with Crippen molar-refractivity contribution in [2.45, 2.75) is 0 Å². The molecule has 0 aliphatic rings. The minimum Gasteiger partial charge on any atom is -0.324 e. The highest BCUT2D eigenvalue weighted by Crippen LogP contribution is 2.15. The van der Waals surface area contributed by atoms with Crippen molar-refractivity contribution in [2.24, 2.45) is 0 Å². The maximum absolute atomic E-state index is 12.3. The van der Waals surface area contributed by atoms with Crippen molar-refractivity contribution in [3.8, 4) is 5.69 Å². The van der Waals surface area contributed by atoms with Crippen LogP contribution in [0.1, 0.15) is 10.4 Å². The molecule has 6 nitrogen and oxygen atoms in total. The van der Waals surface area contributed by atoms with Crippen LogP contribution in [0.5, 0.6) is 0 Å². The molecule has 0 radical (unpaired) electrons. The number of nitrogens with zero attached hydrogens (tertiary/aromatic N) is 3. The summed E-state index contributed by atoms with van der Waals surface area (Å²) in [6.45, 7) is 0. The number of hydrogen-bond donors (Lipinski definition) is 2. The number of rotatable bonds is 3. The smallest absolute Gasteiger partial charge is 0.257 e. The molecule has 1 amide bonds. The van der Waals surface area contributed by atoms with Gasteiger partial charge in [-0.2, -0.15) is 0 Å². The van der Waals surface area contributed by atoms with Crippen LogP contribution in [0.4, 0.5) is 5.95 Å². The molecule has 6 heteroatoms. The molecule has 0 fully saturated rings. The Labute approximate surface area is 131 Å². The average Bonchev–Trinajstić information content (AvgIpc) is 3.24. The predicted molar refractivity (Wildman–Crippen MR) is 87.6 cm³/mol. The van der Waals surface area contributed by atoms with Crippen LogP contribution in [0.3, 0.4) is 0 Å². The Morgan fingerprint density at radius 3 is 2.65 bits per heavy atom. The molecule has 0 unspecified atom stereocenters. The second kappa shape index (κ2) is 5.42. The summed E-state index contributed by atoms with van der Waals surface area (Å²) < 4.78 is 1.88. The minimum atomic E-state index is -0.207. The van der Waals surface area contributed by atoms with Crippen LogP contribution < -0.4 is 5.32 Å². The number of hydrogen-bond acceptors (Lipinski definition) is 3. The number of para-hydroxylation sites is 2. The average molecular weight is 303 g/mol. The van der Waals surface area contributed by atoms with Crippen molar-refractivity contribution in [1.82, 2.24) is 19.5 Å². The van der Waals surface area contributed by atoms with E-state index in [0.29, 0.717) is 11.5 Å². The lowest BCUT2D eigenvalue weighted by Gasteiger charge is -2.04. The summed E-state index contributed by atoms with van der Waals surface area (Å²) in [7, 11) is 0. The van der Waals surface area contributed by atoms with E-state index in [1.807, 2.05) is 47.2 Å². The Morgan fingerprint density at radius 1 is 1.09 bits per heavy atom. The summed E-state index contributed by atoms with van der Waals surface area (Å²) >= 11 is 0. The first kappa shape index (κ1) is 13.3. The predicted octanol–water partition coefficient (Wildman–Crippen LogP) is 3.00. The van der Waals surface area contributed by atoms with Crippen LogP contribution in [0.2, 0.25) is 0 Å². The van der Waals surface area contributed by atoms with E-state index in [2.05, 4.69) is 20.3 Å². The number of carbonyl (C=O) groups is 1. The number of aromatic amines is 1. The Morgan fingerprint density at radius 2 is 1.91 bits per heavy atom. The quantitative estimate of drug-likeness (QED) is 0.611. The van der Waals surface area contributed by atoms with Crippen molar-refractivity contribution in [3.05, 3.63) is 72.8 Å². The van der Waals surface area contributed by atoms with Gasteiger partial charge in [0.15, 0.2) is 0 Å². The second-order valence-electron chi connectivity index (χ2n) is 5.07. The van der Waals surface area contributed by atoms with E-state index in [1.165, 1.54) is 0 Å². The van der Waals surface area contributed by atoms with Gasteiger partial charge in [0.1, 0.15) is 0 Å². The zero-order chi connectivity index (χ0) is 15.6. The SMILES string of the molecule is O=C(Nc1nc2ccccc2[nH]1)c1ccc(-n2ccnc2)cc1. The highest BCUT2D eigenvalue weighted by molar-refractivity contribution is 6.04. The molecular weight excluding hydrogens is 290 g/mol. The third-order valence-corrected chi connectivity index (χ3v) is 3.55. The van der Waals surface area contributed by atoms with E-state index in [9.17, 15) is 4.79 Å². The number of amides is 1. The van der Waals surface area contributed by atoms with Gasteiger partial charge in [-0.25, -0.2) is 9.97 Å². The molecule has 0 spiro atoms. The fourth-order valence-corrected chi connectivity index (χ4v) is 2.39. The topological polar surface area (TPSA) is 75.6 Å². The molecular formula is C17H13N5O. The first-order chi connectivity index (χ1) is 11.3. The largest absolute Gasteiger partial charge is 0.324 e. The fourth-order valence-electron chi connectivity index (χ4n) is 2.39. The molecule has 2 N–H and O–H groups in total. The molecule has 0 atom stereocenters. The third-order valence-electron chi connectivity index (χ3n) is 3.55. The van der Waals surface area contributed by atoms with Crippen molar-refractivity contribution in [1.29, 1.82) is 0 Å². The summed E-state index contributed by atoms with van der Waals surface area (Å²) in [5.74, 6) is 0.233. The van der Waals surface area contributed by atoms with Crippen LogP contribution in [-0.2, 0) is 0 Å². The van der Waals surface area contributed by atoms with Gasteiger partial charge in [0.25, 0.3) is 5.91 Å². The van der Waals surface area contributed by atoms with Crippen LogP contribution in [0, 0.1) is 0 Å². The van der Waals surface area contributed by atoms with Gasteiger partial charge in [0, 0.05) is 23.6 Å². The highest BCUT2D eigenvalue weighted by Gasteiger charge is 2.09. The van der Waals surface area contributed by atoms with Gasteiger partial charge in [0.05, 0.1) is 17.4 Å². The molecule has 0 bridgehead atoms. The summed E-state index contributed by atoms with van der Waals surface area (Å²) in [6.07, 6.45) is 5.27. The maximum Gasteiger partial charge on any atom is 0.257 e. The molecule has 0 saturated carbocycles. The highest BCUT2D eigenvalue weighted by atomic mass is 16.1. The van der Waals surface area contributed by atoms with E-state index in [0.717, 1.165) is 16.7 Å². The summed E-state index contributed by atoms with van der Waals surface area (Å²) in [4.78, 5) is 23.7. The monoisotopic (exact) mass is 303 g/mol. The molecule has 2 heterocycles. The molecule has 4 aromatic rings. The van der Waals surface area contributed by atoms with Crippen molar-refractivity contribution in [2.75, 3.05) is 5.32 Å². The Balaban J connectivity index is 1.54. The lowest BCUT2D eigenvalue weighted by molar-refractivity contribution is 0.102. The standard InChI is InChI=1S/C17H13N5O/c23-16(21-17-19-14-3-1-2-4-15(14)20-17)12-5-7-13(8-6-12)22-10-9-18-11-22/h1-11H,(H2,19,20,21,23). The normalized spacial score (nSPS) is 10.8. The van der Waals surface area contributed by atoms with Gasteiger partial charge in [0.2, 0.25) is 5.95 Å². The lowest BCUT2D eigenvalue weighted by Crippen LogP contribution is -2.12. The number of imidazole rings is 2. The molecule has 112 valence electrons. The Kier molecular flexibility index (Phi) is 3.12. The van der Waals surface area contributed by atoms with Crippen LogP contribution in [0.15, 0.2) is 67.3 Å². The summed E-state index contributed by atoms with van der Waals surface area (Å²) in [5.41, 5.74) is 3.22. The number of fused-ring (bicyclic) bond motifs is 1. The summed E-state index contributed by atoms with van der Waals surface area (Å²) in [6, 6.07) is 14.9. The first-order valence-electron chi connectivity index (χ1n) is 7.14. The second-order valence-corrected chi connectivity index (χ2v) is 5.07. The Bertz CT molecular complexity index is 921. The number of nitrogens with one attached hydrogen (secondary N) is 2. The van der Waals surface area contributed by atoms with Crippen molar-refractivity contribution >= 4 is 22.9 Å². The van der Waals surface area contributed by atoms with Crippen molar-refractivity contribution in [3.63, 3.8) is 0 Å². The van der Waals surface area contributed by atoms with Gasteiger partial charge in [-0.3, -0.25) is 10.1 Å². The molecule has 2 aromatic carbocycles. The van der Waals surface area contributed by atoms with Gasteiger partial charge >= 0.3 is 0 Å². The number of benzene rings is 2. The van der Waals surface area contributed by atoms with Crippen LogP contribution >= 0.6 is 0 Å². The van der Waals surface area contributed by atoms with Gasteiger partial charge < -0.3 is 9.55 Å². The van der Waals surface area contributed by atoms with E-state index < -0.39 is 0 Å². The van der Waals surface area contributed by atoms with E-state index in [1.54, 1.807) is 24.7 Å². The van der Waals surface area contributed by atoms with Gasteiger partial charge in [-0.1, -0.05) is 12.1 Å². The molecule has 0 saturated heterocycles. The number of anilines is 1. The third kappa shape index (κ3) is 2.57. The van der Waals surface area contributed by atoms with Crippen molar-refractivity contribution < 1.29 is 4.79 Å². The minimum absolute atomic E-state index is 0.207.